The van der Waals surface area contributed by atoms with Gasteiger partial charge in [-0.15, -0.1) is 0 Å². The fourth-order valence-corrected chi connectivity index (χ4v) is 5.77. The number of hydrogen-bond donors (Lipinski definition) is 4. The number of rotatable bonds is 8. The van der Waals surface area contributed by atoms with Gasteiger partial charge in [-0.1, -0.05) is 25.3 Å². The van der Waals surface area contributed by atoms with E-state index in [1.54, 1.807) is 0 Å². The number of nitrogens with one attached hydrogen (secondary N) is 2. The van der Waals surface area contributed by atoms with Gasteiger partial charge in [0.2, 0.25) is 0 Å². The number of aryl methyl sites for hydroxylation is 2. The summed E-state index contributed by atoms with van der Waals surface area (Å²) in [6.07, 6.45) is 4.20. The number of aliphatic carboxylic acids is 2. The van der Waals surface area contributed by atoms with Gasteiger partial charge in [0.15, 0.2) is 0 Å². The Morgan fingerprint density at radius 2 is 1.07 bits per heavy atom. The van der Waals surface area contributed by atoms with Crippen molar-refractivity contribution in [2.24, 2.45) is 0 Å². The molecule has 0 atom stereocenters. The van der Waals surface area contributed by atoms with E-state index in [-0.39, 0.29) is 33.3 Å². The zero-order chi connectivity index (χ0) is 30.3. The summed E-state index contributed by atoms with van der Waals surface area (Å²) in [5.41, 5.74) is 13.7. The molecular formula is C34H34N4O4Pd. The summed E-state index contributed by atoms with van der Waals surface area (Å²) < 4.78 is 0. The molecule has 0 saturated heterocycles. The molecule has 43 heavy (non-hydrogen) atoms. The summed E-state index contributed by atoms with van der Waals surface area (Å²) in [5, 5.41) is 18.9. The minimum atomic E-state index is -0.889. The van der Waals surface area contributed by atoms with E-state index < -0.39 is 11.9 Å². The second-order valence-electron chi connectivity index (χ2n) is 10.7. The first-order chi connectivity index (χ1) is 20.0. The maximum atomic E-state index is 11.5. The number of carboxylic acids is 2. The first-order valence-corrected chi connectivity index (χ1v) is 13.9. The fourth-order valence-electron chi connectivity index (χ4n) is 5.77. The summed E-state index contributed by atoms with van der Waals surface area (Å²) in [6.45, 7) is 16.1. The van der Waals surface area contributed by atoms with Crippen molar-refractivity contribution in [2.45, 2.75) is 53.4 Å². The molecule has 0 amide bonds. The van der Waals surface area contributed by atoms with E-state index in [9.17, 15) is 19.8 Å². The molecule has 0 aliphatic carbocycles. The Bertz CT molecular complexity index is 1920. The summed E-state index contributed by atoms with van der Waals surface area (Å²) >= 11 is 0. The van der Waals surface area contributed by atoms with Gasteiger partial charge in [0.25, 0.3) is 0 Å². The van der Waals surface area contributed by atoms with Crippen LogP contribution in [-0.4, -0.2) is 42.1 Å². The average Bonchev–Trinajstić information content (AvgIpc) is 3.59. The predicted molar refractivity (Wildman–Crippen MR) is 169 cm³/mol. The molecule has 5 heterocycles. The molecule has 3 aromatic heterocycles. The van der Waals surface area contributed by atoms with Gasteiger partial charge in [-0.05, 0) is 98.2 Å². The second kappa shape index (κ2) is 12.5. The van der Waals surface area contributed by atoms with Gasteiger partial charge >= 0.3 is 11.9 Å². The molecule has 2 aliphatic rings. The summed E-state index contributed by atoms with van der Waals surface area (Å²) in [7, 11) is 0. The number of allylic oxidation sites excluding steroid dienone is 4. The smallest absolute Gasteiger partial charge is 0.303 e. The summed E-state index contributed by atoms with van der Waals surface area (Å²) in [6, 6.07) is 7.88. The quantitative estimate of drug-likeness (QED) is 0.181. The molecule has 4 N–H and O–H groups in total. The Labute approximate surface area is 263 Å². The maximum absolute atomic E-state index is 11.5. The van der Waals surface area contributed by atoms with E-state index in [4.69, 9.17) is 9.97 Å². The third-order valence-corrected chi connectivity index (χ3v) is 8.22. The minimum Gasteiger partial charge on any atom is -0.481 e. The van der Waals surface area contributed by atoms with Crippen molar-refractivity contribution in [3.05, 3.63) is 82.5 Å². The molecule has 8 bridgehead atoms. The van der Waals surface area contributed by atoms with Crippen LogP contribution in [0.4, 0.5) is 0 Å². The van der Waals surface area contributed by atoms with Gasteiger partial charge in [-0.3, -0.25) is 9.59 Å². The Morgan fingerprint density at radius 1 is 0.674 bits per heavy atom. The zero-order valence-corrected chi connectivity index (χ0v) is 26.2. The van der Waals surface area contributed by atoms with Crippen molar-refractivity contribution in [1.82, 2.24) is 19.9 Å². The normalized spacial score (nSPS) is 12.7. The standard InChI is InChI=1S/C34H34N4O4.Pd/c1-7-21-17(3)25-13-26-19(5)23(9-11-33(39)40)31(37-26)16-32-24(10-12-34(41)42)20(6)28(38-32)15-30-22(8-2)18(4)27(36-30)14-29(21)35-25;/h7-8,13-16,35-36H,1-2,9-12H2,3-6H3,(H,39,40)(H,41,42);. The number of carbonyl (C=O) groups is 2. The van der Waals surface area contributed by atoms with E-state index in [0.29, 0.717) is 24.2 Å². The SMILES string of the molecule is C=Cc1c(C)c2cc3[nH]c(cc4nc(cc5nc(cc1[nH]2)C(C)=C5CCC(=O)O)C(CCC(=O)O)=C4C)c(C)c3C=C.[Pd]. The van der Waals surface area contributed by atoms with Crippen LogP contribution in [0.15, 0.2) is 37.4 Å². The number of nitrogens with zero attached hydrogens (tertiary/aromatic N) is 2. The van der Waals surface area contributed by atoms with E-state index in [0.717, 1.165) is 78.0 Å². The van der Waals surface area contributed by atoms with E-state index in [1.165, 1.54) is 0 Å². The minimum absolute atomic E-state index is 0. The van der Waals surface area contributed by atoms with Crippen molar-refractivity contribution < 1.29 is 40.2 Å². The van der Waals surface area contributed by atoms with Crippen LogP contribution in [0.1, 0.15) is 84.6 Å². The second-order valence-corrected chi connectivity index (χ2v) is 10.7. The fraction of sp³-hybridized carbons (Fsp3) is 0.235. The van der Waals surface area contributed by atoms with Crippen LogP contribution in [-0.2, 0) is 30.0 Å². The maximum Gasteiger partial charge on any atom is 0.303 e. The van der Waals surface area contributed by atoms with Crippen LogP contribution in [0.2, 0.25) is 0 Å². The van der Waals surface area contributed by atoms with Gasteiger partial charge in [0.1, 0.15) is 0 Å². The number of hydrogen-bond acceptors (Lipinski definition) is 4. The Balaban J connectivity index is 0.00000423. The Morgan fingerprint density at radius 3 is 1.49 bits per heavy atom. The first-order valence-electron chi connectivity index (χ1n) is 13.9. The molecule has 5 rings (SSSR count). The summed E-state index contributed by atoms with van der Waals surface area (Å²) in [4.78, 5) is 40.0. The van der Waals surface area contributed by atoms with Crippen molar-refractivity contribution in [2.75, 3.05) is 0 Å². The van der Waals surface area contributed by atoms with Gasteiger partial charge in [0.05, 0.1) is 22.8 Å². The number of aromatic amines is 2. The number of fused-ring (bicyclic) bond motifs is 8. The van der Waals surface area contributed by atoms with Crippen LogP contribution in [0, 0.1) is 13.8 Å². The molecule has 0 fully saturated rings. The Hall–Kier alpha value is -4.32. The molecule has 2 aliphatic heterocycles. The number of aromatic nitrogens is 4. The monoisotopic (exact) mass is 668 g/mol. The van der Waals surface area contributed by atoms with Crippen LogP contribution >= 0.6 is 0 Å². The molecule has 8 nitrogen and oxygen atoms in total. The topological polar surface area (TPSA) is 132 Å². The molecular weight excluding hydrogens is 635 g/mol. The molecule has 9 heteroatoms. The van der Waals surface area contributed by atoms with Crippen molar-refractivity contribution in [1.29, 1.82) is 0 Å². The van der Waals surface area contributed by atoms with E-state index in [2.05, 4.69) is 29.2 Å². The average molecular weight is 669 g/mol. The van der Waals surface area contributed by atoms with Crippen LogP contribution in [0.3, 0.4) is 0 Å². The van der Waals surface area contributed by atoms with Crippen LogP contribution in [0.25, 0.3) is 56.5 Å². The van der Waals surface area contributed by atoms with Gasteiger partial charge in [-0.25, -0.2) is 9.97 Å². The molecule has 3 aromatic rings. The molecule has 224 valence electrons. The number of H-pyrrole nitrogens is 2. The largest absolute Gasteiger partial charge is 0.481 e. The van der Waals surface area contributed by atoms with Crippen molar-refractivity contribution in [3.8, 4) is 0 Å². The van der Waals surface area contributed by atoms with Gasteiger partial charge in [-0.2, -0.15) is 0 Å². The molecule has 0 unspecified atom stereocenters. The zero-order valence-electron chi connectivity index (χ0n) is 24.6. The third-order valence-electron chi connectivity index (χ3n) is 8.22. The first kappa shape index (κ1) is 31.6. The molecule has 0 radical (unpaired) electrons. The molecule has 0 aromatic carbocycles. The van der Waals surface area contributed by atoms with Crippen molar-refractivity contribution in [3.63, 3.8) is 0 Å². The third kappa shape index (κ3) is 5.97. The molecule has 0 spiro atoms. The van der Waals surface area contributed by atoms with E-state index in [1.807, 2.05) is 58.0 Å². The molecule has 0 saturated carbocycles. The summed E-state index contributed by atoms with van der Waals surface area (Å²) in [5.74, 6) is -1.78. The van der Waals surface area contributed by atoms with Gasteiger partial charge in [0, 0.05) is 66.5 Å². The van der Waals surface area contributed by atoms with Crippen LogP contribution < -0.4 is 0 Å². The van der Waals surface area contributed by atoms with Gasteiger partial charge < -0.3 is 20.2 Å². The Kier molecular flexibility index (Phi) is 9.19. The van der Waals surface area contributed by atoms with E-state index >= 15 is 0 Å². The predicted octanol–water partition coefficient (Wildman–Crippen LogP) is 7.81. The number of carboxylic acid groups (broad SMARTS) is 2. The van der Waals surface area contributed by atoms with Crippen LogP contribution in [0.5, 0.6) is 0 Å². The van der Waals surface area contributed by atoms with Crippen molar-refractivity contribution >= 4 is 68.4 Å².